The number of ether oxygens (including phenoxy) is 2. The molecule has 56 heavy (non-hydrogen) atoms. The number of carbonyl (C=O) groups excluding carboxylic acids is 3. The molecule has 0 fully saturated rings. The number of carboxylic acid groups (broad SMARTS) is 1. The van der Waals surface area contributed by atoms with E-state index < -0.39 is 12.1 Å². The highest BCUT2D eigenvalue weighted by Gasteiger charge is 2.21. The molecule has 0 aliphatic carbocycles. The van der Waals surface area contributed by atoms with E-state index in [9.17, 15) is 19.2 Å². The van der Waals surface area contributed by atoms with Gasteiger partial charge in [-0.25, -0.2) is 25.0 Å². The van der Waals surface area contributed by atoms with Crippen LogP contribution < -0.4 is 15.6 Å². The van der Waals surface area contributed by atoms with Gasteiger partial charge in [0.25, 0.3) is 5.91 Å². The highest BCUT2D eigenvalue weighted by Crippen LogP contribution is 2.22. The molecule has 0 saturated carbocycles. The van der Waals surface area contributed by atoms with E-state index in [1.54, 1.807) is 61.8 Å². The average molecular weight is 766 g/mol. The SMILES string of the molecule is CCCCCCOC(=O)N/N=C/c1ccc(NCc2nc3cc(C(=O)N(CCC(=O)OCC)c4ccccn4)ccc3n2C)cc1.O=C(O)c1ccccc1O. The number of aromatic carboxylic acids is 1. The van der Waals surface area contributed by atoms with E-state index in [0.717, 1.165) is 48.3 Å². The molecule has 2 aromatic heterocycles. The minimum atomic E-state index is -1.11. The Morgan fingerprint density at radius 2 is 1.70 bits per heavy atom. The van der Waals surface area contributed by atoms with Crippen LogP contribution in [0.15, 0.2) is 96.2 Å². The number of aromatic hydroxyl groups is 1. The van der Waals surface area contributed by atoms with Gasteiger partial charge in [0.2, 0.25) is 0 Å². The topological polar surface area (TPSA) is 198 Å². The monoisotopic (exact) mass is 765 g/mol. The number of aryl methyl sites for hydroxylation is 1. The van der Waals surface area contributed by atoms with Gasteiger partial charge in [0, 0.05) is 31.0 Å². The van der Waals surface area contributed by atoms with Gasteiger partial charge in [-0.15, -0.1) is 0 Å². The zero-order valence-corrected chi connectivity index (χ0v) is 31.7. The van der Waals surface area contributed by atoms with Gasteiger partial charge in [-0.05, 0) is 73.5 Å². The Morgan fingerprint density at radius 1 is 0.929 bits per heavy atom. The van der Waals surface area contributed by atoms with E-state index in [1.165, 1.54) is 17.0 Å². The first-order chi connectivity index (χ1) is 27.1. The zero-order valence-electron chi connectivity index (χ0n) is 31.7. The van der Waals surface area contributed by atoms with E-state index in [4.69, 9.17) is 24.7 Å². The van der Waals surface area contributed by atoms with Crippen molar-refractivity contribution < 1.29 is 38.9 Å². The molecule has 3 aromatic carbocycles. The molecule has 4 N–H and O–H groups in total. The number of fused-ring (bicyclic) bond motifs is 1. The Bertz CT molecular complexity index is 2090. The Labute approximate surface area is 325 Å². The van der Waals surface area contributed by atoms with E-state index in [0.29, 0.717) is 30.0 Å². The minimum Gasteiger partial charge on any atom is -0.507 e. The third kappa shape index (κ3) is 12.7. The predicted octanol–water partition coefficient (Wildman–Crippen LogP) is 6.91. The number of esters is 1. The summed E-state index contributed by atoms with van der Waals surface area (Å²) >= 11 is 0. The summed E-state index contributed by atoms with van der Waals surface area (Å²) in [5.41, 5.74) is 6.00. The lowest BCUT2D eigenvalue weighted by Gasteiger charge is -2.21. The summed E-state index contributed by atoms with van der Waals surface area (Å²) in [7, 11) is 1.93. The number of hydrazone groups is 1. The summed E-state index contributed by atoms with van der Waals surface area (Å²) in [6, 6.07) is 24.1. The second kappa shape index (κ2) is 21.8. The van der Waals surface area contributed by atoms with Crippen molar-refractivity contribution >= 4 is 52.7 Å². The number of nitrogens with one attached hydrogen (secondary N) is 2. The van der Waals surface area contributed by atoms with Gasteiger partial charge in [-0.1, -0.05) is 56.5 Å². The fourth-order valence-electron chi connectivity index (χ4n) is 5.37. The number of amides is 2. The zero-order chi connectivity index (χ0) is 40.3. The van der Waals surface area contributed by atoms with Gasteiger partial charge in [0.05, 0.1) is 43.4 Å². The standard InChI is InChI=1S/C34H41N7O5.C7H6O3/c1-4-6-7-10-21-46-34(44)39-37-23-25-12-15-27(16-13-25)36-24-31-38-28-22-26(14-17-29(28)40(31)3)33(43)41(20-18-32(42)45-5-2)30-11-8-9-19-35-30;8-6-4-2-1-3-5(6)7(9)10/h8-9,11-17,19,22-23,36H,4-7,10,18,20-21,24H2,1-3H3,(H,39,44);1-4,8H,(H,9,10)/b37-23+;. The van der Waals surface area contributed by atoms with Crippen LogP contribution in [-0.2, 0) is 27.9 Å². The highest BCUT2D eigenvalue weighted by atomic mass is 16.6. The second-order valence-electron chi connectivity index (χ2n) is 12.4. The fraction of sp³-hybridized carbons (Fsp3) is 0.293. The first-order valence-corrected chi connectivity index (χ1v) is 18.3. The van der Waals surface area contributed by atoms with Crippen molar-refractivity contribution in [2.24, 2.45) is 12.1 Å². The maximum atomic E-state index is 13.6. The first-order valence-electron chi connectivity index (χ1n) is 18.3. The molecule has 0 atom stereocenters. The molecule has 294 valence electrons. The number of pyridine rings is 1. The lowest BCUT2D eigenvalue weighted by molar-refractivity contribution is -0.142. The number of hydrogen-bond acceptors (Lipinski definition) is 11. The molecule has 0 aliphatic heterocycles. The van der Waals surface area contributed by atoms with Gasteiger partial charge in [0.1, 0.15) is 23.0 Å². The molecule has 2 amide bonds. The van der Waals surface area contributed by atoms with E-state index >= 15 is 0 Å². The number of phenols is 1. The number of nitrogens with zero attached hydrogens (tertiary/aromatic N) is 5. The number of hydrogen-bond donors (Lipinski definition) is 4. The summed E-state index contributed by atoms with van der Waals surface area (Å²) in [4.78, 5) is 58.2. The van der Waals surface area contributed by atoms with Crippen LogP contribution in [0.5, 0.6) is 5.75 Å². The number of benzene rings is 3. The smallest absolute Gasteiger partial charge is 0.427 e. The van der Waals surface area contributed by atoms with Gasteiger partial charge in [0.15, 0.2) is 0 Å². The minimum absolute atomic E-state index is 0.0519. The van der Waals surface area contributed by atoms with Crippen molar-refractivity contribution in [2.45, 2.75) is 52.5 Å². The third-order valence-corrected chi connectivity index (χ3v) is 8.33. The van der Waals surface area contributed by atoms with Crippen molar-refractivity contribution in [1.82, 2.24) is 20.0 Å². The van der Waals surface area contributed by atoms with Crippen molar-refractivity contribution in [3.63, 3.8) is 0 Å². The van der Waals surface area contributed by atoms with Gasteiger partial charge in [-0.2, -0.15) is 5.10 Å². The van der Waals surface area contributed by atoms with Crippen molar-refractivity contribution in [1.29, 1.82) is 0 Å². The Kier molecular flexibility index (Phi) is 16.4. The Morgan fingerprint density at radius 3 is 2.38 bits per heavy atom. The molecule has 0 bridgehead atoms. The summed E-state index contributed by atoms with van der Waals surface area (Å²) < 4.78 is 12.1. The molecule has 15 nitrogen and oxygen atoms in total. The number of unbranched alkanes of at least 4 members (excludes halogenated alkanes) is 3. The van der Waals surface area contributed by atoms with Gasteiger partial charge < -0.3 is 29.6 Å². The molecule has 0 unspecified atom stereocenters. The summed E-state index contributed by atoms with van der Waals surface area (Å²) in [6.45, 7) is 5.13. The van der Waals surface area contributed by atoms with Crippen LogP contribution in [0.4, 0.5) is 16.3 Å². The number of carbonyl (C=O) groups is 4. The maximum Gasteiger partial charge on any atom is 0.427 e. The van der Waals surface area contributed by atoms with E-state index in [1.807, 2.05) is 41.9 Å². The van der Waals surface area contributed by atoms with Crippen molar-refractivity contribution in [3.8, 4) is 5.75 Å². The molecular weight excluding hydrogens is 718 g/mol. The summed E-state index contributed by atoms with van der Waals surface area (Å²) in [5, 5.41) is 24.6. The number of imidazole rings is 1. The number of aromatic nitrogens is 3. The quantitative estimate of drug-likeness (QED) is 0.0332. The van der Waals surface area contributed by atoms with Gasteiger partial charge in [-0.3, -0.25) is 14.5 Å². The summed E-state index contributed by atoms with van der Waals surface area (Å²) in [6.07, 6.45) is 6.79. The van der Waals surface area contributed by atoms with Crippen LogP contribution in [-0.4, -0.2) is 74.7 Å². The molecule has 5 rings (SSSR count). The van der Waals surface area contributed by atoms with E-state index in [2.05, 4.69) is 27.8 Å². The average Bonchev–Trinajstić information content (AvgIpc) is 3.52. The van der Waals surface area contributed by atoms with Crippen LogP contribution in [0.2, 0.25) is 0 Å². The Hall–Kier alpha value is -6.77. The number of carboxylic acids is 1. The summed E-state index contributed by atoms with van der Waals surface area (Å²) in [5.74, 6) is -0.737. The fourth-order valence-corrected chi connectivity index (χ4v) is 5.37. The molecule has 0 aliphatic rings. The van der Waals surface area contributed by atoms with Gasteiger partial charge >= 0.3 is 18.0 Å². The largest absolute Gasteiger partial charge is 0.507 e. The van der Waals surface area contributed by atoms with Crippen LogP contribution >= 0.6 is 0 Å². The normalized spacial score (nSPS) is 10.7. The van der Waals surface area contributed by atoms with Crippen LogP contribution in [0, 0.1) is 0 Å². The predicted molar refractivity (Wildman–Crippen MR) is 213 cm³/mol. The van der Waals surface area contributed by atoms with Crippen LogP contribution in [0.3, 0.4) is 0 Å². The third-order valence-electron chi connectivity index (χ3n) is 8.33. The number of rotatable bonds is 17. The van der Waals surface area contributed by atoms with Crippen LogP contribution in [0.1, 0.15) is 78.1 Å². The molecule has 15 heteroatoms. The molecule has 2 heterocycles. The lowest BCUT2D eigenvalue weighted by Crippen LogP contribution is -2.34. The first kappa shape index (κ1) is 42.0. The molecule has 5 aromatic rings. The van der Waals surface area contributed by atoms with Crippen molar-refractivity contribution in [3.05, 3.63) is 114 Å². The molecular formula is C41H47N7O8. The maximum absolute atomic E-state index is 13.6. The Balaban J connectivity index is 0.000000604. The van der Waals surface area contributed by atoms with Crippen molar-refractivity contribution in [2.75, 3.05) is 30.0 Å². The molecule has 0 saturated heterocycles. The highest BCUT2D eigenvalue weighted by molar-refractivity contribution is 6.07. The number of anilines is 2. The van der Waals surface area contributed by atoms with E-state index in [-0.39, 0.29) is 42.8 Å². The van der Waals surface area contributed by atoms with Crippen LogP contribution in [0.25, 0.3) is 11.0 Å². The number of para-hydroxylation sites is 1. The lowest BCUT2D eigenvalue weighted by atomic mass is 10.1. The molecule has 0 radical (unpaired) electrons. The molecule has 0 spiro atoms. The second-order valence-corrected chi connectivity index (χ2v) is 12.4.